The second-order valence-electron chi connectivity index (χ2n) is 5.31. The number of benzene rings is 1. The highest BCUT2D eigenvalue weighted by Crippen LogP contribution is 2.15. The standard InChI is InChI=1S/C16H23NO3/c1-20-15-7-5-13(6-8-15)3-2-4-16(19)17-11-9-14(18)10-12-17/h5-8,14,18H,2-4,9-12H2,1H3. The number of hydrogen-bond donors (Lipinski definition) is 1. The molecule has 0 aromatic heterocycles. The van der Waals surface area contributed by atoms with Crippen molar-refractivity contribution >= 4 is 5.91 Å². The topological polar surface area (TPSA) is 49.8 Å². The van der Waals surface area contributed by atoms with Gasteiger partial charge in [0.2, 0.25) is 5.91 Å². The Morgan fingerprint density at radius 3 is 2.55 bits per heavy atom. The largest absolute Gasteiger partial charge is 0.497 e. The van der Waals surface area contributed by atoms with Crippen molar-refractivity contribution in [3.63, 3.8) is 0 Å². The number of piperidine rings is 1. The molecule has 0 unspecified atom stereocenters. The summed E-state index contributed by atoms with van der Waals surface area (Å²) in [6.07, 6.45) is 3.56. The number of nitrogens with zero attached hydrogens (tertiary/aromatic N) is 1. The van der Waals surface area contributed by atoms with E-state index in [0.717, 1.165) is 18.6 Å². The van der Waals surface area contributed by atoms with E-state index in [9.17, 15) is 9.90 Å². The van der Waals surface area contributed by atoms with E-state index in [1.165, 1.54) is 5.56 Å². The van der Waals surface area contributed by atoms with Gasteiger partial charge in [0, 0.05) is 19.5 Å². The van der Waals surface area contributed by atoms with Crippen LogP contribution in [-0.2, 0) is 11.2 Å². The summed E-state index contributed by atoms with van der Waals surface area (Å²) in [5.74, 6) is 1.07. The molecule has 0 saturated carbocycles. The summed E-state index contributed by atoms with van der Waals surface area (Å²) in [5.41, 5.74) is 1.23. The van der Waals surface area contributed by atoms with Gasteiger partial charge in [0.15, 0.2) is 0 Å². The molecule has 110 valence electrons. The van der Waals surface area contributed by atoms with Crippen molar-refractivity contribution in [2.24, 2.45) is 0 Å². The highest BCUT2D eigenvalue weighted by molar-refractivity contribution is 5.76. The molecule has 1 N–H and O–H groups in total. The highest BCUT2D eigenvalue weighted by Gasteiger charge is 2.20. The van der Waals surface area contributed by atoms with E-state index < -0.39 is 0 Å². The minimum Gasteiger partial charge on any atom is -0.497 e. The number of likely N-dealkylation sites (tertiary alicyclic amines) is 1. The Kier molecular flexibility index (Phi) is 5.41. The Bertz CT molecular complexity index is 422. The minimum atomic E-state index is -0.224. The zero-order chi connectivity index (χ0) is 14.4. The smallest absolute Gasteiger partial charge is 0.222 e. The summed E-state index contributed by atoms with van der Waals surface area (Å²) in [6, 6.07) is 7.98. The predicted octanol–water partition coefficient (Wildman–Crippen LogP) is 2.00. The third-order valence-electron chi connectivity index (χ3n) is 3.83. The van der Waals surface area contributed by atoms with Crippen LogP contribution < -0.4 is 4.74 Å². The number of ether oxygens (including phenoxy) is 1. The number of amides is 1. The van der Waals surface area contributed by atoms with Gasteiger partial charge in [0.25, 0.3) is 0 Å². The summed E-state index contributed by atoms with van der Waals surface area (Å²) in [6.45, 7) is 1.39. The van der Waals surface area contributed by atoms with Crippen LogP contribution in [0.1, 0.15) is 31.2 Å². The summed E-state index contributed by atoms with van der Waals surface area (Å²) >= 11 is 0. The Morgan fingerprint density at radius 2 is 1.95 bits per heavy atom. The maximum atomic E-state index is 12.0. The molecule has 2 rings (SSSR count). The molecule has 1 heterocycles. The number of aryl methyl sites for hydroxylation is 1. The molecule has 0 atom stereocenters. The first-order valence-corrected chi connectivity index (χ1v) is 7.28. The molecule has 1 amide bonds. The van der Waals surface area contributed by atoms with Crippen LogP contribution >= 0.6 is 0 Å². The van der Waals surface area contributed by atoms with Crippen molar-refractivity contribution in [2.45, 2.75) is 38.2 Å². The molecule has 1 aromatic rings. The van der Waals surface area contributed by atoms with Gasteiger partial charge in [0.05, 0.1) is 13.2 Å². The fourth-order valence-corrected chi connectivity index (χ4v) is 2.51. The van der Waals surface area contributed by atoms with Crippen molar-refractivity contribution in [2.75, 3.05) is 20.2 Å². The van der Waals surface area contributed by atoms with Crippen molar-refractivity contribution in [3.05, 3.63) is 29.8 Å². The molecule has 4 nitrogen and oxygen atoms in total. The van der Waals surface area contributed by atoms with Crippen molar-refractivity contribution < 1.29 is 14.6 Å². The minimum absolute atomic E-state index is 0.213. The molecule has 1 aliphatic rings. The fraction of sp³-hybridized carbons (Fsp3) is 0.562. The lowest BCUT2D eigenvalue weighted by atomic mass is 10.1. The van der Waals surface area contributed by atoms with Crippen molar-refractivity contribution in [3.8, 4) is 5.75 Å². The SMILES string of the molecule is COc1ccc(CCCC(=O)N2CCC(O)CC2)cc1. The van der Waals surface area contributed by atoms with Gasteiger partial charge < -0.3 is 14.7 Å². The van der Waals surface area contributed by atoms with Gasteiger partial charge in [-0.1, -0.05) is 12.1 Å². The maximum Gasteiger partial charge on any atom is 0.222 e. The number of carbonyl (C=O) groups excluding carboxylic acids is 1. The summed E-state index contributed by atoms with van der Waals surface area (Å²) in [5, 5.41) is 9.43. The van der Waals surface area contributed by atoms with Gasteiger partial charge in [-0.25, -0.2) is 0 Å². The second kappa shape index (κ2) is 7.29. The van der Waals surface area contributed by atoms with E-state index in [4.69, 9.17) is 4.74 Å². The van der Waals surface area contributed by atoms with Crippen LogP contribution in [-0.4, -0.2) is 42.2 Å². The van der Waals surface area contributed by atoms with Gasteiger partial charge in [-0.15, -0.1) is 0 Å². The molecule has 1 aliphatic heterocycles. The summed E-state index contributed by atoms with van der Waals surface area (Å²) in [4.78, 5) is 13.9. The summed E-state index contributed by atoms with van der Waals surface area (Å²) < 4.78 is 5.12. The molecule has 0 aliphatic carbocycles. The maximum absolute atomic E-state index is 12.0. The number of rotatable bonds is 5. The van der Waals surface area contributed by atoms with Gasteiger partial charge in [0.1, 0.15) is 5.75 Å². The van der Waals surface area contributed by atoms with Crippen LogP contribution in [0.3, 0.4) is 0 Å². The zero-order valence-corrected chi connectivity index (χ0v) is 12.0. The van der Waals surface area contributed by atoms with Crippen molar-refractivity contribution in [1.82, 2.24) is 4.90 Å². The molecule has 0 spiro atoms. The molecular formula is C16H23NO3. The van der Waals surface area contributed by atoms with Crippen LogP contribution in [0.25, 0.3) is 0 Å². The molecule has 4 heteroatoms. The lowest BCUT2D eigenvalue weighted by molar-refractivity contribution is -0.133. The van der Waals surface area contributed by atoms with Gasteiger partial charge in [-0.05, 0) is 43.4 Å². The van der Waals surface area contributed by atoms with E-state index >= 15 is 0 Å². The second-order valence-corrected chi connectivity index (χ2v) is 5.31. The lowest BCUT2D eigenvalue weighted by Gasteiger charge is -2.29. The van der Waals surface area contributed by atoms with Gasteiger partial charge in [-0.3, -0.25) is 4.79 Å². The number of carbonyl (C=O) groups is 1. The molecule has 1 saturated heterocycles. The fourth-order valence-electron chi connectivity index (χ4n) is 2.51. The molecule has 20 heavy (non-hydrogen) atoms. The van der Waals surface area contributed by atoms with Crippen LogP contribution in [0.4, 0.5) is 0 Å². The van der Waals surface area contributed by atoms with E-state index in [1.807, 2.05) is 29.2 Å². The molecule has 1 aromatic carbocycles. The van der Waals surface area contributed by atoms with E-state index in [-0.39, 0.29) is 12.0 Å². The van der Waals surface area contributed by atoms with E-state index in [2.05, 4.69) is 0 Å². The predicted molar refractivity (Wildman–Crippen MR) is 77.8 cm³/mol. The Labute approximate surface area is 120 Å². The monoisotopic (exact) mass is 277 g/mol. The number of aliphatic hydroxyl groups is 1. The first-order valence-electron chi connectivity index (χ1n) is 7.28. The zero-order valence-electron chi connectivity index (χ0n) is 12.0. The third-order valence-corrected chi connectivity index (χ3v) is 3.83. The van der Waals surface area contributed by atoms with E-state index in [1.54, 1.807) is 7.11 Å². The highest BCUT2D eigenvalue weighted by atomic mass is 16.5. The van der Waals surface area contributed by atoms with Crippen LogP contribution in [0.5, 0.6) is 5.75 Å². The van der Waals surface area contributed by atoms with Crippen LogP contribution in [0, 0.1) is 0 Å². The Balaban J connectivity index is 1.70. The third kappa shape index (κ3) is 4.23. The van der Waals surface area contributed by atoms with Crippen molar-refractivity contribution in [1.29, 1.82) is 0 Å². The number of aliphatic hydroxyl groups excluding tert-OH is 1. The molecule has 0 bridgehead atoms. The number of methoxy groups -OCH3 is 1. The Hall–Kier alpha value is -1.55. The van der Waals surface area contributed by atoms with Gasteiger partial charge in [-0.2, -0.15) is 0 Å². The molecule has 0 radical (unpaired) electrons. The Morgan fingerprint density at radius 1 is 1.30 bits per heavy atom. The summed E-state index contributed by atoms with van der Waals surface area (Å²) in [7, 11) is 1.66. The first kappa shape index (κ1) is 14.9. The average Bonchev–Trinajstić information content (AvgIpc) is 2.48. The molecule has 1 fully saturated rings. The number of hydrogen-bond acceptors (Lipinski definition) is 3. The quantitative estimate of drug-likeness (QED) is 0.895. The van der Waals surface area contributed by atoms with Crippen LogP contribution in [0.2, 0.25) is 0 Å². The lowest BCUT2D eigenvalue weighted by Crippen LogP contribution is -2.39. The van der Waals surface area contributed by atoms with Crippen LogP contribution in [0.15, 0.2) is 24.3 Å². The molecular weight excluding hydrogens is 254 g/mol. The first-order chi connectivity index (χ1) is 9.69. The normalized spacial score (nSPS) is 16.2. The van der Waals surface area contributed by atoms with Gasteiger partial charge >= 0.3 is 0 Å². The van der Waals surface area contributed by atoms with E-state index in [0.29, 0.717) is 32.4 Å². The average molecular weight is 277 g/mol.